The topological polar surface area (TPSA) is 61.0 Å². The molecular weight excluding hydrogens is 228 g/mol. The predicted molar refractivity (Wildman–Crippen MR) is 70.2 cm³/mol. The molecule has 100 valence electrons. The summed E-state index contributed by atoms with van der Waals surface area (Å²) in [6.07, 6.45) is 6.26. The zero-order valence-electron chi connectivity index (χ0n) is 11.0. The molecule has 0 aromatic carbocycles. The van der Waals surface area contributed by atoms with Crippen molar-refractivity contribution >= 4 is 5.91 Å². The highest BCUT2D eigenvalue weighted by Gasteiger charge is 2.22. The molecule has 0 radical (unpaired) electrons. The lowest BCUT2D eigenvalue weighted by molar-refractivity contribution is -0.126. The van der Waals surface area contributed by atoms with Gasteiger partial charge in [-0.1, -0.05) is 6.42 Å². The van der Waals surface area contributed by atoms with Crippen molar-refractivity contribution < 1.29 is 4.79 Å². The van der Waals surface area contributed by atoms with E-state index in [1.165, 1.54) is 19.3 Å². The van der Waals surface area contributed by atoms with Gasteiger partial charge in [-0.25, -0.2) is 0 Å². The molecule has 1 aliphatic heterocycles. The second-order valence-electron chi connectivity index (χ2n) is 4.90. The molecule has 1 aromatic rings. The van der Waals surface area contributed by atoms with Gasteiger partial charge < -0.3 is 5.32 Å². The Bertz CT molecular complexity index is 357. The van der Waals surface area contributed by atoms with E-state index in [1.54, 1.807) is 6.20 Å². The number of nitrogens with zero attached hydrogens (tertiary/aromatic N) is 2. The van der Waals surface area contributed by atoms with Crippen molar-refractivity contribution in [2.45, 2.75) is 38.6 Å². The minimum absolute atomic E-state index is 0.00735. The van der Waals surface area contributed by atoms with Gasteiger partial charge in [0.15, 0.2) is 0 Å². The fourth-order valence-corrected chi connectivity index (χ4v) is 2.36. The summed E-state index contributed by atoms with van der Waals surface area (Å²) in [4.78, 5) is 14.3. The lowest BCUT2D eigenvalue weighted by Gasteiger charge is -2.31. The van der Waals surface area contributed by atoms with Crippen LogP contribution in [0.1, 0.15) is 31.9 Å². The number of aromatic amines is 1. The Hall–Kier alpha value is -1.36. The highest BCUT2D eigenvalue weighted by Crippen LogP contribution is 2.11. The van der Waals surface area contributed by atoms with Crippen molar-refractivity contribution in [1.29, 1.82) is 0 Å². The molecule has 5 nitrogen and oxygen atoms in total. The van der Waals surface area contributed by atoms with E-state index in [9.17, 15) is 4.79 Å². The van der Waals surface area contributed by atoms with Crippen LogP contribution in [-0.2, 0) is 11.2 Å². The number of piperidine rings is 1. The molecule has 5 heteroatoms. The minimum Gasteiger partial charge on any atom is -0.354 e. The fourth-order valence-electron chi connectivity index (χ4n) is 2.36. The molecule has 1 unspecified atom stereocenters. The molecule has 18 heavy (non-hydrogen) atoms. The summed E-state index contributed by atoms with van der Waals surface area (Å²) in [5.41, 5.74) is 1.06. The summed E-state index contributed by atoms with van der Waals surface area (Å²) in [7, 11) is 0. The summed E-state index contributed by atoms with van der Waals surface area (Å²) in [6.45, 7) is 4.76. The predicted octanol–water partition coefficient (Wildman–Crippen LogP) is 0.943. The van der Waals surface area contributed by atoms with Gasteiger partial charge in [0.2, 0.25) is 5.91 Å². The molecular formula is C13H22N4O. The Morgan fingerprint density at radius 1 is 1.50 bits per heavy atom. The monoisotopic (exact) mass is 250 g/mol. The first-order chi connectivity index (χ1) is 8.77. The van der Waals surface area contributed by atoms with Crippen LogP contribution >= 0.6 is 0 Å². The second-order valence-corrected chi connectivity index (χ2v) is 4.90. The fraction of sp³-hybridized carbons (Fsp3) is 0.692. The van der Waals surface area contributed by atoms with Crippen molar-refractivity contribution in [3.63, 3.8) is 0 Å². The van der Waals surface area contributed by atoms with E-state index < -0.39 is 0 Å². The van der Waals surface area contributed by atoms with Crippen molar-refractivity contribution in [2.75, 3.05) is 19.6 Å². The Morgan fingerprint density at radius 3 is 2.94 bits per heavy atom. The number of rotatable bonds is 5. The van der Waals surface area contributed by atoms with Gasteiger partial charge in [0, 0.05) is 24.9 Å². The maximum atomic E-state index is 12.0. The van der Waals surface area contributed by atoms with Crippen molar-refractivity contribution in [1.82, 2.24) is 20.4 Å². The Morgan fingerprint density at radius 2 is 2.28 bits per heavy atom. The third-order valence-corrected chi connectivity index (χ3v) is 3.57. The highest BCUT2D eigenvalue weighted by molar-refractivity contribution is 5.81. The first-order valence-electron chi connectivity index (χ1n) is 6.77. The van der Waals surface area contributed by atoms with Crippen molar-refractivity contribution in [2.24, 2.45) is 0 Å². The summed E-state index contributed by atoms with van der Waals surface area (Å²) in [5.74, 6) is 0.136. The summed E-state index contributed by atoms with van der Waals surface area (Å²) >= 11 is 0. The molecule has 0 spiro atoms. The number of carbonyl (C=O) groups excluding carboxylic acids is 1. The van der Waals surface area contributed by atoms with E-state index in [0.29, 0.717) is 6.54 Å². The number of nitrogens with one attached hydrogen (secondary N) is 2. The molecule has 1 aliphatic rings. The second kappa shape index (κ2) is 6.54. The lowest BCUT2D eigenvalue weighted by Crippen LogP contribution is -2.47. The average Bonchev–Trinajstić information content (AvgIpc) is 2.92. The van der Waals surface area contributed by atoms with Crippen LogP contribution in [0.5, 0.6) is 0 Å². The molecule has 0 aliphatic carbocycles. The van der Waals surface area contributed by atoms with Gasteiger partial charge in [0.25, 0.3) is 0 Å². The maximum Gasteiger partial charge on any atom is 0.237 e. The SMILES string of the molecule is CC(C(=O)NCCc1ccn[nH]1)N1CCCCC1. The van der Waals surface area contributed by atoms with Gasteiger partial charge in [0.05, 0.1) is 6.04 Å². The molecule has 1 aromatic heterocycles. The van der Waals surface area contributed by atoms with E-state index in [1.807, 2.05) is 13.0 Å². The summed E-state index contributed by atoms with van der Waals surface area (Å²) in [6, 6.07) is 1.92. The Balaban J connectivity index is 1.70. The first-order valence-corrected chi connectivity index (χ1v) is 6.77. The largest absolute Gasteiger partial charge is 0.354 e. The van der Waals surface area contributed by atoms with Gasteiger partial charge in [-0.2, -0.15) is 5.10 Å². The smallest absolute Gasteiger partial charge is 0.237 e. The molecule has 0 bridgehead atoms. The van der Waals surface area contributed by atoms with Gasteiger partial charge in [0.1, 0.15) is 0 Å². The lowest BCUT2D eigenvalue weighted by atomic mass is 10.1. The number of hydrogen-bond acceptors (Lipinski definition) is 3. The number of H-pyrrole nitrogens is 1. The van der Waals surface area contributed by atoms with Gasteiger partial charge in [-0.05, 0) is 38.9 Å². The summed E-state index contributed by atoms with van der Waals surface area (Å²) in [5, 5.41) is 9.76. The molecule has 2 heterocycles. The normalized spacial score (nSPS) is 18.5. The van der Waals surface area contributed by atoms with Crippen LogP contribution in [0.25, 0.3) is 0 Å². The molecule has 1 amide bonds. The van der Waals surface area contributed by atoms with Gasteiger partial charge in [-0.15, -0.1) is 0 Å². The zero-order chi connectivity index (χ0) is 12.8. The highest BCUT2D eigenvalue weighted by atomic mass is 16.2. The van der Waals surface area contributed by atoms with E-state index in [4.69, 9.17) is 0 Å². The van der Waals surface area contributed by atoms with Crippen LogP contribution in [-0.4, -0.2) is 46.7 Å². The maximum absolute atomic E-state index is 12.0. The number of carbonyl (C=O) groups is 1. The van der Waals surface area contributed by atoms with E-state index in [2.05, 4.69) is 20.4 Å². The molecule has 1 saturated heterocycles. The number of aromatic nitrogens is 2. The number of amides is 1. The quantitative estimate of drug-likeness (QED) is 0.817. The third-order valence-electron chi connectivity index (χ3n) is 3.57. The van der Waals surface area contributed by atoms with Gasteiger partial charge >= 0.3 is 0 Å². The molecule has 1 atom stereocenters. The van der Waals surface area contributed by atoms with Crippen LogP contribution in [0.4, 0.5) is 0 Å². The van der Waals surface area contributed by atoms with Crippen LogP contribution in [0.15, 0.2) is 12.3 Å². The molecule has 2 rings (SSSR count). The van der Waals surface area contributed by atoms with Crippen LogP contribution < -0.4 is 5.32 Å². The number of likely N-dealkylation sites (tertiary alicyclic amines) is 1. The molecule has 1 fully saturated rings. The standard InChI is InChI=1S/C13H22N4O/c1-11(17-9-3-2-4-10-17)13(18)14-7-5-12-6-8-15-16-12/h6,8,11H,2-5,7,9-10H2,1H3,(H,14,18)(H,15,16). The van der Waals surface area contributed by atoms with Crippen molar-refractivity contribution in [3.8, 4) is 0 Å². The van der Waals surface area contributed by atoms with Crippen LogP contribution in [0, 0.1) is 0 Å². The summed E-state index contributed by atoms with van der Waals surface area (Å²) < 4.78 is 0. The minimum atomic E-state index is -0.00735. The average molecular weight is 250 g/mol. The van der Waals surface area contributed by atoms with Crippen molar-refractivity contribution in [3.05, 3.63) is 18.0 Å². The molecule has 2 N–H and O–H groups in total. The van der Waals surface area contributed by atoms with E-state index in [0.717, 1.165) is 25.2 Å². The first kappa shape index (κ1) is 13.1. The Kier molecular flexibility index (Phi) is 4.75. The van der Waals surface area contributed by atoms with E-state index >= 15 is 0 Å². The van der Waals surface area contributed by atoms with Gasteiger partial charge in [-0.3, -0.25) is 14.8 Å². The third kappa shape index (κ3) is 3.57. The molecule has 0 saturated carbocycles. The number of hydrogen-bond donors (Lipinski definition) is 2. The van der Waals surface area contributed by atoms with E-state index in [-0.39, 0.29) is 11.9 Å². The zero-order valence-corrected chi connectivity index (χ0v) is 11.0. The van der Waals surface area contributed by atoms with Crippen LogP contribution in [0.3, 0.4) is 0 Å². The Labute approximate surface area is 108 Å². The van der Waals surface area contributed by atoms with Crippen LogP contribution in [0.2, 0.25) is 0 Å².